The second-order valence-corrected chi connectivity index (χ2v) is 12.4. The van der Waals surface area contributed by atoms with Crippen LogP contribution in [0.2, 0.25) is 0 Å². The fourth-order valence-corrected chi connectivity index (χ4v) is 7.19. The molecule has 0 saturated carbocycles. The number of nitrogens with zero attached hydrogens (tertiary/aromatic N) is 1. The van der Waals surface area contributed by atoms with Crippen LogP contribution in [0.15, 0.2) is 167 Å². The van der Waals surface area contributed by atoms with E-state index < -0.39 is 0 Å². The predicted octanol–water partition coefficient (Wildman–Crippen LogP) is 12.5. The standard InChI is InChI=1S/C44H28N2O2/c45-31-15-9-27(10-16-31)28-11-17-32(18-12-28)46(33-19-23-37-39-21-13-29-5-1-3-7-35(29)43(39)47-41(37)25-33)34-20-24-38-40-22-14-30-6-2-4-8-36(30)44(40)48-42(38)26-34/h1-26H,45H2. The van der Waals surface area contributed by atoms with Crippen molar-refractivity contribution >= 4 is 88.2 Å². The van der Waals surface area contributed by atoms with E-state index in [2.05, 4.69) is 150 Å². The lowest BCUT2D eigenvalue weighted by molar-refractivity contribution is 0.672. The van der Waals surface area contributed by atoms with Gasteiger partial charge in [-0.05, 0) is 82.6 Å². The topological polar surface area (TPSA) is 55.5 Å². The Morgan fingerprint density at radius 1 is 0.375 bits per heavy atom. The molecule has 4 nitrogen and oxygen atoms in total. The molecule has 2 N–H and O–H groups in total. The molecule has 0 saturated heterocycles. The van der Waals surface area contributed by atoms with E-state index in [4.69, 9.17) is 14.6 Å². The van der Waals surface area contributed by atoms with Crippen LogP contribution >= 0.6 is 0 Å². The molecule has 0 amide bonds. The maximum absolute atomic E-state index is 6.61. The van der Waals surface area contributed by atoms with Gasteiger partial charge in [-0.25, -0.2) is 0 Å². The lowest BCUT2D eigenvalue weighted by Crippen LogP contribution is -2.09. The third kappa shape index (κ3) is 4.10. The summed E-state index contributed by atoms with van der Waals surface area (Å²) in [6.45, 7) is 0. The van der Waals surface area contributed by atoms with Crippen LogP contribution in [0.3, 0.4) is 0 Å². The average Bonchev–Trinajstić information content (AvgIpc) is 3.71. The smallest absolute Gasteiger partial charge is 0.143 e. The summed E-state index contributed by atoms with van der Waals surface area (Å²) < 4.78 is 13.2. The quantitative estimate of drug-likeness (QED) is 0.200. The van der Waals surface area contributed by atoms with Crippen LogP contribution in [0.1, 0.15) is 0 Å². The summed E-state index contributed by atoms with van der Waals surface area (Å²) in [5.41, 5.74) is 15.5. The van der Waals surface area contributed by atoms with Gasteiger partial charge in [0.25, 0.3) is 0 Å². The number of nitrogens with two attached hydrogens (primary N) is 1. The predicted molar refractivity (Wildman–Crippen MR) is 201 cm³/mol. The molecule has 8 aromatic carbocycles. The van der Waals surface area contributed by atoms with Crippen molar-refractivity contribution in [2.24, 2.45) is 0 Å². The van der Waals surface area contributed by atoms with E-state index in [1.165, 1.54) is 10.8 Å². The van der Waals surface area contributed by atoms with E-state index in [1.807, 2.05) is 12.1 Å². The number of hydrogen-bond donors (Lipinski definition) is 1. The van der Waals surface area contributed by atoms with Crippen molar-refractivity contribution in [1.82, 2.24) is 0 Å². The Morgan fingerprint density at radius 3 is 1.33 bits per heavy atom. The van der Waals surface area contributed by atoms with Crippen LogP contribution in [-0.4, -0.2) is 0 Å². The van der Waals surface area contributed by atoms with Crippen molar-refractivity contribution in [3.8, 4) is 11.1 Å². The van der Waals surface area contributed by atoms with Crippen molar-refractivity contribution in [3.63, 3.8) is 0 Å². The highest BCUT2D eigenvalue weighted by atomic mass is 16.3. The molecule has 10 aromatic rings. The Labute approximate surface area is 275 Å². The molecular formula is C44H28N2O2. The minimum atomic E-state index is 0.754. The molecule has 0 aliphatic rings. The molecule has 0 bridgehead atoms. The van der Waals surface area contributed by atoms with Gasteiger partial charge in [0.15, 0.2) is 0 Å². The summed E-state index contributed by atoms with van der Waals surface area (Å²) in [7, 11) is 0. The SMILES string of the molecule is Nc1ccc(-c2ccc(N(c3ccc4c(c3)oc3c5ccccc5ccc43)c3ccc4c(c3)oc3c5ccccc5ccc43)cc2)cc1. The molecule has 0 atom stereocenters. The van der Waals surface area contributed by atoms with Crippen LogP contribution in [0.25, 0.3) is 76.5 Å². The Balaban J connectivity index is 1.16. The molecule has 0 spiro atoms. The van der Waals surface area contributed by atoms with Crippen LogP contribution < -0.4 is 10.6 Å². The molecule has 0 aliphatic carbocycles. The van der Waals surface area contributed by atoms with E-state index in [0.29, 0.717) is 0 Å². The maximum atomic E-state index is 6.61. The van der Waals surface area contributed by atoms with Gasteiger partial charge in [-0.3, -0.25) is 0 Å². The number of hydrogen-bond acceptors (Lipinski definition) is 4. The molecule has 0 unspecified atom stereocenters. The van der Waals surface area contributed by atoms with Crippen LogP contribution in [-0.2, 0) is 0 Å². The van der Waals surface area contributed by atoms with Crippen LogP contribution in [0, 0.1) is 0 Å². The summed E-state index contributed by atoms with van der Waals surface area (Å²) in [6.07, 6.45) is 0. The van der Waals surface area contributed by atoms with Crippen molar-refractivity contribution in [2.45, 2.75) is 0 Å². The first-order valence-corrected chi connectivity index (χ1v) is 16.1. The van der Waals surface area contributed by atoms with Gasteiger partial charge in [0.2, 0.25) is 0 Å². The molecule has 4 heteroatoms. The third-order valence-electron chi connectivity index (χ3n) is 9.58. The first-order valence-electron chi connectivity index (χ1n) is 16.1. The Kier molecular flexibility index (Phi) is 5.69. The normalized spacial score (nSPS) is 11.8. The fourth-order valence-electron chi connectivity index (χ4n) is 7.19. The van der Waals surface area contributed by atoms with Gasteiger partial charge in [-0.2, -0.15) is 0 Å². The summed E-state index contributed by atoms with van der Waals surface area (Å²) in [6, 6.07) is 55.0. The molecule has 0 fully saturated rings. The van der Waals surface area contributed by atoms with Crippen molar-refractivity contribution in [2.75, 3.05) is 10.6 Å². The summed E-state index contributed by atoms with van der Waals surface area (Å²) in [5, 5.41) is 8.99. The van der Waals surface area contributed by atoms with Crippen molar-refractivity contribution < 1.29 is 8.83 Å². The van der Waals surface area contributed by atoms with Gasteiger partial charge >= 0.3 is 0 Å². The van der Waals surface area contributed by atoms with Crippen molar-refractivity contribution in [3.05, 3.63) is 158 Å². The van der Waals surface area contributed by atoms with E-state index in [1.54, 1.807) is 0 Å². The zero-order valence-electron chi connectivity index (χ0n) is 25.9. The largest absolute Gasteiger partial charge is 0.455 e. The second kappa shape index (κ2) is 10.2. The zero-order chi connectivity index (χ0) is 31.8. The monoisotopic (exact) mass is 616 g/mol. The maximum Gasteiger partial charge on any atom is 0.143 e. The summed E-state index contributed by atoms with van der Waals surface area (Å²) >= 11 is 0. The molecule has 10 rings (SSSR count). The summed E-state index contributed by atoms with van der Waals surface area (Å²) in [4.78, 5) is 2.27. The van der Waals surface area contributed by atoms with Gasteiger partial charge in [0, 0.05) is 67.2 Å². The number of rotatable bonds is 4. The Bertz CT molecular complexity index is 2690. The molecule has 2 aromatic heterocycles. The van der Waals surface area contributed by atoms with Gasteiger partial charge in [-0.1, -0.05) is 84.9 Å². The molecule has 0 radical (unpaired) electrons. The highest BCUT2D eigenvalue weighted by molar-refractivity contribution is 6.17. The number of benzene rings is 8. The van der Waals surface area contributed by atoms with E-state index in [-0.39, 0.29) is 0 Å². The highest BCUT2D eigenvalue weighted by Gasteiger charge is 2.19. The van der Waals surface area contributed by atoms with Gasteiger partial charge in [-0.15, -0.1) is 0 Å². The molecule has 226 valence electrons. The zero-order valence-corrected chi connectivity index (χ0v) is 25.9. The van der Waals surface area contributed by atoms with Crippen molar-refractivity contribution in [1.29, 1.82) is 0 Å². The van der Waals surface area contributed by atoms with E-state index >= 15 is 0 Å². The number of anilines is 4. The minimum Gasteiger partial charge on any atom is -0.455 e. The van der Waals surface area contributed by atoms with Crippen LogP contribution in [0.5, 0.6) is 0 Å². The number of fused-ring (bicyclic) bond motifs is 10. The minimum absolute atomic E-state index is 0.754. The lowest BCUT2D eigenvalue weighted by Gasteiger charge is -2.25. The average molecular weight is 617 g/mol. The molecule has 0 aliphatic heterocycles. The lowest BCUT2D eigenvalue weighted by atomic mass is 10.0. The Hall–Kier alpha value is -6.52. The van der Waals surface area contributed by atoms with E-state index in [9.17, 15) is 0 Å². The van der Waals surface area contributed by atoms with Gasteiger partial charge in [0.05, 0.1) is 0 Å². The Morgan fingerprint density at radius 2 is 0.812 bits per heavy atom. The number of nitrogen functional groups attached to an aromatic ring is 1. The first kappa shape index (κ1) is 26.7. The van der Waals surface area contributed by atoms with Gasteiger partial charge in [0.1, 0.15) is 22.3 Å². The third-order valence-corrected chi connectivity index (χ3v) is 9.58. The first-order chi connectivity index (χ1) is 23.7. The second-order valence-electron chi connectivity index (χ2n) is 12.4. The van der Waals surface area contributed by atoms with Crippen LogP contribution in [0.4, 0.5) is 22.7 Å². The number of furan rings is 2. The highest BCUT2D eigenvalue weighted by Crippen LogP contribution is 2.43. The molecule has 2 heterocycles. The van der Waals surface area contributed by atoms with E-state index in [0.717, 1.165) is 88.5 Å². The van der Waals surface area contributed by atoms with Gasteiger partial charge < -0.3 is 19.5 Å². The molecule has 48 heavy (non-hydrogen) atoms. The summed E-state index contributed by atoms with van der Waals surface area (Å²) in [5.74, 6) is 0. The molecular weight excluding hydrogens is 588 g/mol. The fraction of sp³-hybridized carbons (Fsp3) is 0.